The average molecular weight is 580 g/mol. The van der Waals surface area contributed by atoms with Gasteiger partial charge in [-0.1, -0.05) is 84.9 Å². The van der Waals surface area contributed by atoms with Gasteiger partial charge in [-0.3, -0.25) is 14.4 Å². The molecule has 1 saturated heterocycles. The number of amides is 3. The molecule has 0 radical (unpaired) electrons. The molecule has 43 heavy (non-hydrogen) atoms. The van der Waals surface area contributed by atoms with Gasteiger partial charge < -0.3 is 27.0 Å². The summed E-state index contributed by atoms with van der Waals surface area (Å²) in [6.45, 7) is 2.43. The van der Waals surface area contributed by atoms with E-state index in [9.17, 15) is 14.4 Å². The molecule has 1 aliphatic rings. The van der Waals surface area contributed by atoms with Gasteiger partial charge in [-0.05, 0) is 71.6 Å². The fourth-order valence-corrected chi connectivity index (χ4v) is 5.70. The maximum absolute atomic E-state index is 13.9. The Kier molecular flexibility index (Phi) is 10.4. The summed E-state index contributed by atoms with van der Waals surface area (Å²) in [4.78, 5) is 40.6. The molecule has 4 aromatic carbocycles. The van der Waals surface area contributed by atoms with Gasteiger partial charge in [0, 0.05) is 25.3 Å². The molecule has 0 unspecified atom stereocenters. The van der Waals surface area contributed by atoms with E-state index in [2.05, 4.69) is 27.3 Å². The molecule has 8 heteroatoms. The van der Waals surface area contributed by atoms with Gasteiger partial charge in [0.15, 0.2) is 0 Å². The molecule has 1 fully saturated rings. The Morgan fingerprint density at radius 1 is 0.721 bits per heavy atom. The molecule has 0 aliphatic carbocycles. The van der Waals surface area contributed by atoms with Gasteiger partial charge in [0.2, 0.25) is 17.7 Å². The maximum Gasteiger partial charge on any atom is 0.243 e. The van der Waals surface area contributed by atoms with Gasteiger partial charge in [0.25, 0.3) is 0 Å². The summed E-state index contributed by atoms with van der Waals surface area (Å²) in [5, 5.41) is 16.6. The third-order valence-corrected chi connectivity index (χ3v) is 8.16. The van der Waals surface area contributed by atoms with Gasteiger partial charge in [-0.2, -0.15) is 0 Å². The van der Waals surface area contributed by atoms with Crippen LogP contribution in [-0.2, 0) is 27.2 Å². The van der Waals surface area contributed by atoms with E-state index in [4.69, 9.17) is 5.73 Å². The highest BCUT2D eigenvalue weighted by Crippen LogP contribution is 2.19. The lowest BCUT2D eigenvalue weighted by atomic mass is 9.95. The number of nitrogens with one attached hydrogen (secondary N) is 4. The van der Waals surface area contributed by atoms with Crippen LogP contribution in [0.15, 0.2) is 84.9 Å². The van der Waals surface area contributed by atoms with E-state index < -0.39 is 12.1 Å². The molecule has 2 atom stereocenters. The minimum absolute atomic E-state index is 0.124. The Morgan fingerprint density at radius 2 is 1.26 bits per heavy atom. The van der Waals surface area contributed by atoms with Crippen molar-refractivity contribution in [2.75, 3.05) is 26.2 Å². The van der Waals surface area contributed by atoms with Crippen LogP contribution in [0.2, 0.25) is 0 Å². The molecule has 0 spiro atoms. The molecule has 8 nitrogen and oxygen atoms in total. The first-order chi connectivity index (χ1) is 21.0. The largest absolute Gasteiger partial charge is 0.354 e. The molecule has 6 N–H and O–H groups in total. The van der Waals surface area contributed by atoms with E-state index in [0.29, 0.717) is 32.4 Å². The van der Waals surface area contributed by atoms with E-state index >= 15 is 0 Å². The van der Waals surface area contributed by atoms with Crippen LogP contribution in [0.25, 0.3) is 21.5 Å². The van der Waals surface area contributed by atoms with Crippen molar-refractivity contribution in [3.8, 4) is 0 Å². The Labute approximate surface area is 252 Å². The van der Waals surface area contributed by atoms with Crippen molar-refractivity contribution < 1.29 is 14.4 Å². The maximum atomic E-state index is 13.9. The monoisotopic (exact) mass is 579 g/mol. The number of hydrogen-bond donors (Lipinski definition) is 5. The van der Waals surface area contributed by atoms with Gasteiger partial charge in [-0.25, -0.2) is 0 Å². The van der Waals surface area contributed by atoms with Crippen LogP contribution in [-0.4, -0.2) is 56.0 Å². The van der Waals surface area contributed by atoms with Crippen molar-refractivity contribution in [3.63, 3.8) is 0 Å². The van der Waals surface area contributed by atoms with Crippen molar-refractivity contribution in [1.29, 1.82) is 0 Å². The lowest BCUT2D eigenvalue weighted by Crippen LogP contribution is -2.56. The van der Waals surface area contributed by atoms with Crippen molar-refractivity contribution in [2.45, 2.75) is 44.2 Å². The van der Waals surface area contributed by atoms with E-state index in [1.807, 2.05) is 78.9 Å². The number of nitrogens with two attached hydrogens (primary N) is 1. The molecule has 1 aliphatic heterocycles. The second kappa shape index (κ2) is 14.8. The first kappa shape index (κ1) is 30.2. The highest BCUT2D eigenvalue weighted by Gasteiger charge is 2.30. The number of hydrogen-bond acceptors (Lipinski definition) is 5. The molecular weight excluding hydrogens is 538 g/mol. The van der Waals surface area contributed by atoms with E-state index in [0.717, 1.165) is 58.6 Å². The van der Waals surface area contributed by atoms with Gasteiger partial charge in [-0.15, -0.1) is 0 Å². The fourth-order valence-electron chi connectivity index (χ4n) is 5.70. The van der Waals surface area contributed by atoms with Crippen molar-refractivity contribution >= 4 is 39.3 Å². The molecule has 1 heterocycles. The van der Waals surface area contributed by atoms with Gasteiger partial charge in [0.1, 0.15) is 12.1 Å². The zero-order valence-corrected chi connectivity index (χ0v) is 24.5. The van der Waals surface area contributed by atoms with Gasteiger partial charge >= 0.3 is 0 Å². The van der Waals surface area contributed by atoms with Crippen LogP contribution in [0.3, 0.4) is 0 Å². The molecular formula is C35H41N5O3. The predicted octanol–water partition coefficient (Wildman–Crippen LogP) is 3.21. The number of rotatable bonds is 12. The van der Waals surface area contributed by atoms with E-state index in [1.54, 1.807) is 0 Å². The fraction of sp³-hybridized carbons (Fsp3) is 0.343. The highest BCUT2D eigenvalue weighted by atomic mass is 16.2. The summed E-state index contributed by atoms with van der Waals surface area (Å²) in [5.74, 6) is -0.929. The molecule has 0 aromatic heterocycles. The van der Waals surface area contributed by atoms with Crippen LogP contribution < -0.4 is 27.0 Å². The van der Waals surface area contributed by atoms with Crippen LogP contribution in [0, 0.1) is 5.92 Å². The third-order valence-electron chi connectivity index (χ3n) is 8.16. The van der Waals surface area contributed by atoms with Gasteiger partial charge in [0.05, 0.1) is 0 Å². The second-order valence-corrected chi connectivity index (χ2v) is 11.4. The molecule has 0 saturated carbocycles. The minimum Gasteiger partial charge on any atom is -0.354 e. The Hall–Kier alpha value is -4.27. The normalized spacial score (nSPS) is 15.1. The second-order valence-electron chi connectivity index (χ2n) is 11.4. The quantitative estimate of drug-likeness (QED) is 0.165. The minimum atomic E-state index is -0.834. The van der Waals surface area contributed by atoms with Crippen LogP contribution in [0.4, 0.5) is 0 Å². The van der Waals surface area contributed by atoms with E-state index in [1.165, 1.54) is 0 Å². The predicted molar refractivity (Wildman–Crippen MR) is 171 cm³/mol. The van der Waals surface area contributed by atoms with Crippen molar-refractivity contribution in [3.05, 3.63) is 96.1 Å². The molecule has 0 bridgehead atoms. The number of carbonyl (C=O) groups excluding carboxylic acids is 3. The summed E-state index contributed by atoms with van der Waals surface area (Å²) < 4.78 is 0. The van der Waals surface area contributed by atoms with Crippen LogP contribution in [0.1, 0.15) is 30.4 Å². The zero-order chi connectivity index (χ0) is 30.0. The summed E-state index contributed by atoms with van der Waals surface area (Å²) in [7, 11) is 0. The Bertz CT molecular complexity index is 1570. The average Bonchev–Trinajstić information content (AvgIpc) is 3.04. The first-order valence-corrected chi connectivity index (χ1v) is 15.2. The summed E-state index contributed by atoms with van der Waals surface area (Å²) in [6.07, 6.45) is 2.72. The lowest BCUT2D eigenvalue weighted by Gasteiger charge is -2.27. The van der Waals surface area contributed by atoms with Crippen molar-refractivity contribution in [1.82, 2.24) is 21.3 Å². The molecule has 5 rings (SSSR count). The van der Waals surface area contributed by atoms with Crippen molar-refractivity contribution in [2.24, 2.45) is 11.7 Å². The standard InChI is InChI=1S/C35H41N5O3/c36-16-5-17-38-34(42)31(22-24-10-12-26-6-1-3-8-29(26)20-24)40-35(43)32(39-33(41)28-14-18-37-19-15-28)23-25-11-13-27-7-2-4-9-30(27)21-25/h1-4,6-13,20-21,28,31-32,37H,5,14-19,22-23,36H2,(H,38,42)(H,39,41)(H,40,43)/t31-,32-/m1/s1. The highest BCUT2D eigenvalue weighted by molar-refractivity contribution is 5.93. The molecule has 3 amide bonds. The lowest BCUT2D eigenvalue weighted by molar-refractivity contribution is -0.133. The number of carbonyl (C=O) groups is 3. The zero-order valence-electron chi connectivity index (χ0n) is 24.5. The summed E-state index contributed by atoms with van der Waals surface area (Å²) >= 11 is 0. The summed E-state index contributed by atoms with van der Waals surface area (Å²) in [6, 6.07) is 26.6. The molecule has 4 aromatic rings. The first-order valence-electron chi connectivity index (χ1n) is 15.2. The topological polar surface area (TPSA) is 125 Å². The van der Waals surface area contributed by atoms with Crippen LogP contribution >= 0.6 is 0 Å². The third kappa shape index (κ3) is 8.18. The smallest absolute Gasteiger partial charge is 0.243 e. The summed E-state index contributed by atoms with van der Waals surface area (Å²) in [5.41, 5.74) is 7.50. The Balaban J connectivity index is 1.38. The SMILES string of the molecule is NCCCNC(=O)[C@@H](Cc1ccc2ccccc2c1)NC(=O)[C@@H](Cc1ccc2ccccc2c1)NC(=O)C1CCNCC1. The Morgan fingerprint density at radius 3 is 1.81 bits per heavy atom. The van der Waals surface area contributed by atoms with Crippen LogP contribution in [0.5, 0.6) is 0 Å². The molecule has 224 valence electrons. The number of benzene rings is 4. The van der Waals surface area contributed by atoms with E-state index in [-0.39, 0.29) is 23.6 Å². The number of piperidine rings is 1. The number of fused-ring (bicyclic) bond motifs is 2.